The van der Waals surface area contributed by atoms with Crippen LogP contribution in [0.2, 0.25) is 0 Å². The zero-order valence-corrected chi connectivity index (χ0v) is 12.9. The summed E-state index contributed by atoms with van der Waals surface area (Å²) >= 11 is 0. The van der Waals surface area contributed by atoms with Crippen molar-refractivity contribution in [3.8, 4) is 17.2 Å². The molecule has 0 amide bonds. The largest absolute Gasteiger partial charge is 0.494 e. The van der Waals surface area contributed by atoms with Gasteiger partial charge in [-0.05, 0) is 38.0 Å². The van der Waals surface area contributed by atoms with Crippen LogP contribution in [0.25, 0.3) is 11.5 Å². The molecule has 0 unspecified atom stereocenters. The minimum Gasteiger partial charge on any atom is -0.494 e. The van der Waals surface area contributed by atoms with Crippen molar-refractivity contribution in [3.63, 3.8) is 0 Å². The topological polar surface area (TPSA) is 56.5 Å². The Bertz CT molecular complexity index is 591. The zero-order valence-electron chi connectivity index (χ0n) is 12.9. The van der Waals surface area contributed by atoms with Crippen LogP contribution in [0.1, 0.15) is 25.5 Å². The average molecular weight is 302 g/mol. The van der Waals surface area contributed by atoms with Gasteiger partial charge in [0.15, 0.2) is 0 Å². The normalized spacial score (nSPS) is 17.8. The molecule has 22 heavy (non-hydrogen) atoms. The van der Waals surface area contributed by atoms with E-state index in [9.17, 15) is 0 Å². The van der Waals surface area contributed by atoms with E-state index in [1.165, 1.54) is 0 Å². The highest BCUT2D eigenvalue weighted by molar-refractivity contribution is 5.55. The molecule has 1 N–H and O–H groups in total. The van der Waals surface area contributed by atoms with Crippen LogP contribution in [-0.4, -0.2) is 30.8 Å². The number of hydrogen-bond acceptors (Lipinski definition) is 5. The molecule has 1 aromatic heterocycles. The Balaban J connectivity index is 1.57. The van der Waals surface area contributed by atoms with Crippen LogP contribution in [0.4, 0.5) is 0 Å². The predicted molar refractivity (Wildman–Crippen MR) is 83.8 cm³/mol. The first kappa shape index (κ1) is 15.1. The minimum atomic E-state index is 0.342. The average Bonchev–Trinajstić information content (AvgIpc) is 3.20. The van der Waals surface area contributed by atoms with Crippen molar-refractivity contribution < 1.29 is 13.9 Å². The van der Waals surface area contributed by atoms with Gasteiger partial charge in [0.1, 0.15) is 12.0 Å². The van der Waals surface area contributed by atoms with Gasteiger partial charge in [0.2, 0.25) is 5.89 Å². The number of hydrogen-bond donors (Lipinski definition) is 1. The first-order valence-corrected chi connectivity index (χ1v) is 7.85. The molecular weight excluding hydrogens is 280 g/mol. The van der Waals surface area contributed by atoms with Gasteiger partial charge < -0.3 is 19.2 Å². The highest BCUT2D eigenvalue weighted by Gasteiger charge is 2.15. The number of nitrogens with one attached hydrogen (secondary N) is 1. The number of oxazole rings is 1. The highest BCUT2D eigenvalue weighted by Crippen LogP contribution is 2.23. The molecule has 1 aromatic carbocycles. The van der Waals surface area contributed by atoms with Gasteiger partial charge >= 0.3 is 0 Å². The third-order valence-corrected chi connectivity index (χ3v) is 3.65. The van der Waals surface area contributed by atoms with E-state index in [2.05, 4.69) is 10.3 Å². The Kier molecular flexibility index (Phi) is 5.08. The Morgan fingerprint density at radius 1 is 1.41 bits per heavy atom. The number of aromatic nitrogens is 1. The van der Waals surface area contributed by atoms with Crippen LogP contribution in [-0.2, 0) is 11.3 Å². The third kappa shape index (κ3) is 3.87. The molecule has 0 radical (unpaired) electrons. The van der Waals surface area contributed by atoms with Crippen molar-refractivity contribution >= 4 is 0 Å². The van der Waals surface area contributed by atoms with E-state index in [0.29, 0.717) is 25.1 Å². The fourth-order valence-corrected chi connectivity index (χ4v) is 2.57. The molecule has 0 saturated carbocycles. The first-order valence-electron chi connectivity index (χ1n) is 7.85. The van der Waals surface area contributed by atoms with Gasteiger partial charge in [-0.15, -0.1) is 0 Å². The van der Waals surface area contributed by atoms with E-state index in [1.54, 1.807) is 6.26 Å². The maximum Gasteiger partial charge on any atom is 0.226 e. The molecule has 1 aliphatic rings. The summed E-state index contributed by atoms with van der Waals surface area (Å²) < 4.78 is 16.7. The van der Waals surface area contributed by atoms with E-state index in [-0.39, 0.29) is 0 Å². The summed E-state index contributed by atoms with van der Waals surface area (Å²) in [7, 11) is 0. The Morgan fingerprint density at radius 3 is 3.18 bits per heavy atom. The van der Waals surface area contributed by atoms with Crippen LogP contribution in [0, 0.1) is 0 Å². The van der Waals surface area contributed by atoms with E-state index in [1.807, 2.05) is 31.2 Å². The second kappa shape index (κ2) is 7.42. The lowest BCUT2D eigenvalue weighted by Gasteiger charge is -2.09. The first-order chi connectivity index (χ1) is 10.8. The van der Waals surface area contributed by atoms with Crippen molar-refractivity contribution in [3.05, 3.63) is 36.2 Å². The summed E-state index contributed by atoms with van der Waals surface area (Å²) in [5.41, 5.74) is 1.83. The van der Waals surface area contributed by atoms with Gasteiger partial charge in [0.05, 0.1) is 18.4 Å². The van der Waals surface area contributed by atoms with E-state index in [4.69, 9.17) is 13.9 Å². The number of ether oxygens (including phenoxy) is 2. The van der Waals surface area contributed by atoms with Crippen molar-refractivity contribution in [2.45, 2.75) is 32.4 Å². The maximum atomic E-state index is 5.58. The quantitative estimate of drug-likeness (QED) is 0.852. The monoisotopic (exact) mass is 302 g/mol. The van der Waals surface area contributed by atoms with Gasteiger partial charge in [0.25, 0.3) is 0 Å². The molecule has 0 bridgehead atoms. The molecule has 1 fully saturated rings. The molecule has 1 aliphatic heterocycles. The molecule has 2 aromatic rings. The Labute approximate surface area is 130 Å². The summed E-state index contributed by atoms with van der Waals surface area (Å²) in [6.07, 6.45) is 4.34. The fraction of sp³-hybridized carbons (Fsp3) is 0.471. The molecule has 0 aliphatic carbocycles. The van der Waals surface area contributed by atoms with Crippen LogP contribution in [0.3, 0.4) is 0 Å². The van der Waals surface area contributed by atoms with Crippen molar-refractivity contribution in [1.29, 1.82) is 0 Å². The molecular formula is C17H22N2O3. The predicted octanol–water partition coefficient (Wildman–Crippen LogP) is 3.01. The lowest BCUT2D eigenvalue weighted by atomic mass is 10.2. The molecule has 5 heteroatoms. The molecule has 1 saturated heterocycles. The minimum absolute atomic E-state index is 0.342. The second-order valence-electron chi connectivity index (χ2n) is 5.37. The van der Waals surface area contributed by atoms with Gasteiger partial charge in [-0.3, -0.25) is 0 Å². The molecule has 118 valence electrons. The molecule has 2 heterocycles. The number of rotatable bonds is 7. The summed E-state index contributed by atoms with van der Waals surface area (Å²) in [6.45, 7) is 5.05. The van der Waals surface area contributed by atoms with Crippen LogP contribution in [0.5, 0.6) is 5.75 Å². The zero-order chi connectivity index (χ0) is 15.2. The SMILES string of the molecule is CCOc1cccc(-c2nc(CNC[C@@H]3CCCO3)co2)c1. The standard InChI is InChI=1S/C17H22N2O3/c1-2-20-15-6-3-5-13(9-15)17-19-14(12-22-17)10-18-11-16-7-4-8-21-16/h3,5-6,9,12,16,18H,2,4,7-8,10-11H2,1H3/t16-/m0/s1. The van der Waals surface area contributed by atoms with Crippen molar-refractivity contribution in [2.75, 3.05) is 19.8 Å². The van der Waals surface area contributed by atoms with E-state index in [0.717, 1.165) is 43.0 Å². The maximum absolute atomic E-state index is 5.58. The Hall–Kier alpha value is -1.85. The van der Waals surface area contributed by atoms with Crippen LogP contribution in [0.15, 0.2) is 34.9 Å². The summed E-state index contributed by atoms with van der Waals surface area (Å²) in [6, 6.07) is 7.79. The lowest BCUT2D eigenvalue weighted by Crippen LogP contribution is -2.25. The fourth-order valence-electron chi connectivity index (χ4n) is 2.57. The van der Waals surface area contributed by atoms with Crippen molar-refractivity contribution in [2.24, 2.45) is 0 Å². The number of nitrogens with zero attached hydrogens (tertiary/aromatic N) is 1. The lowest BCUT2D eigenvalue weighted by molar-refractivity contribution is 0.110. The van der Waals surface area contributed by atoms with Gasteiger partial charge in [-0.25, -0.2) is 4.98 Å². The molecule has 0 spiro atoms. The van der Waals surface area contributed by atoms with E-state index < -0.39 is 0 Å². The van der Waals surface area contributed by atoms with Gasteiger partial charge in [0, 0.05) is 25.3 Å². The third-order valence-electron chi connectivity index (χ3n) is 3.65. The van der Waals surface area contributed by atoms with Crippen LogP contribution < -0.4 is 10.1 Å². The van der Waals surface area contributed by atoms with E-state index >= 15 is 0 Å². The smallest absolute Gasteiger partial charge is 0.226 e. The van der Waals surface area contributed by atoms with Gasteiger partial charge in [-0.1, -0.05) is 6.07 Å². The molecule has 3 rings (SSSR count). The summed E-state index contributed by atoms with van der Waals surface area (Å²) in [5, 5.41) is 3.37. The van der Waals surface area contributed by atoms with Crippen LogP contribution >= 0.6 is 0 Å². The Morgan fingerprint density at radius 2 is 2.36 bits per heavy atom. The molecule has 5 nitrogen and oxygen atoms in total. The number of benzene rings is 1. The highest BCUT2D eigenvalue weighted by atomic mass is 16.5. The van der Waals surface area contributed by atoms with Gasteiger partial charge in [-0.2, -0.15) is 0 Å². The summed E-state index contributed by atoms with van der Waals surface area (Å²) in [5.74, 6) is 1.45. The van der Waals surface area contributed by atoms with Crippen molar-refractivity contribution in [1.82, 2.24) is 10.3 Å². The second-order valence-corrected chi connectivity index (χ2v) is 5.37. The molecule has 1 atom stereocenters. The summed E-state index contributed by atoms with van der Waals surface area (Å²) in [4.78, 5) is 4.52.